The van der Waals surface area contributed by atoms with Crippen molar-refractivity contribution >= 4 is 22.6 Å². The molecule has 1 radical (unpaired) electrons. The van der Waals surface area contributed by atoms with Crippen molar-refractivity contribution < 1.29 is 0 Å². The SMILES string of the molecule is [CH2]c1ccc(I)cc1. The highest BCUT2D eigenvalue weighted by Crippen LogP contribution is 2.04. The molecule has 0 nitrogen and oxygen atoms in total. The second kappa shape index (κ2) is 2.49. The zero-order valence-corrected chi connectivity index (χ0v) is 6.55. The molecule has 0 saturated carbocycles. The van der Waals surface area contributed by atoms with Crippen molar-refractivity contribution in [3.8, 4) is 0 Å². The first-order chi connectivity index (χ1) is 3.79. The van der Waals surface area contributed by atoms with Gasteiger partial charge in [0.1, 0.15) is 0 Å². The van der Waals surface area contributed by atoms with Gasteiger partial charge < -0.3 is 0 Å². The van der Waals surface area contributed by atoms with E-state index in [1.807, 2.05) is 24.3 Å². The highest BCUT2D eigenvalue weighted by atomic mass is 127. The molecule has 0 atom stereocenters. The van der Waals surface area contributed by atoms with E-state index >= 15 is 0 Å². The molecule has 0 saturated heterocycles. The zero-order valence-electron chi connectivity index (χ0n) is 4.39. The molecule has 0 spiro atoms. The Morgan fingerprint density at radius 1 is 1.12 bits per heavy atom. The van der Waals surface area contributed by atoms with Crippen LogP contribution in [0, 0.1) is 10.5 Å². The summed E-state index contributed by atoms with van der Waals surface area (Å²) in [4.78, 5) is 0. The molecule has 1 aromatic carbocycles. The van der Waals surface area contributed by atoms with E-state index < -0.39 is 0 Å². The average Bonchev–Trinajstić information content (AvgIpc) is 1.77. The lowest BCUT2D eigenvalue weighted by Gasteiger charge is -1.88. The van der Waals surface area contributed by atoms with Crippen LogP contribution in [0.15, 0.2) is 24.3 Å². The molecule has 1 aromatic rings. The number of hydrogen-bond acceptors (Lipinski definition) is 0. The molecular weight excluding hydrogens is 211 g/mol. The van der Waals surface area contributed by atoms with E-state index in [0.717, 1.165) is 5.56 Å². The van der Waals surface area contributed by atoms with Crippen LogP contribution < -0.4 is 0 Å². The Labute approximate surface area is 63.1 Å². The van der Waals surface area contributed by atoms with E-state index in [4.69, 9.17) is 0 Å². The summed E-state index contributed by atoms with van der Waals surface area (Å²) in [6.45, 7) is 3.76. The van der Waals surface area contributed by atoms with Crippen LogP contribution >= 0.6 is 22.6 Å². The Hall–Kier alpha value is -0.0500. The van der Waals surface area contributed by atoms with Crippen molar-refractivity contribution in [3.05, 3.63) is 40.3 Å². The van der Waals surface area contributed by atoms with Crippen LogP contribution in [0.5, 0.6) is 0 Å². The van der Waals surface area contributed by atoms with Gasteiger partial charge in [0, 0.05) is 3.57 Å². The number of hydrogen-bond donors (Lipinski definition) is 0. The third-order valence-electron chi connectivity index (χ3n) is 0.913. The molecule has 0 unspecified atom stereocenters. The summed E-state index contributed by atoms with van der Waals surface area (Å²) in [5, 5.41) is 0. The van der Waals surface area contributed by atoms with Gasteiger partial charge in [0.25, 0.3) is 0 Å². The van der Waals surface area contributed by atoms with Gasteiger partial charge in [0.15, 0.2) is 0 Å². The first-order valence-corrected chi connectivity index (χ1v) is 3.44. The topological polar surface area (TPSA) is 0 Å². The van der Waals surface area contributed by atoms with E-state index in [1.54, 1.807) is 0 Å². The second-order valence-electron chi connectivity index (χ2n) is 1.63. The molecule has 41 valence electrons. The molecule has 0 bridgehead atoms. The first-order valence-electron chi connectivity index (χ1n) is 2.36. The molecule has 0 heterocycles. The monoisotopic (exact) mass is 217 g/mol. The smallest absolute Gasteiger partial charge is 0.0130 e. The van der Waals surface area contributed by atoms with Crippen LogP contribution in [0.25, 0.3) is 0 Å². The predicted molar refractivity (Wildman–Crippen MR) is 43.6 cm³/mol. The molecule has 0 aliphatic carbocycles. The minimum atomic E-state index is 1.07. The summed E-state index contributed by atoms with van der Waals surface area (Å²) in [5.74, 6) is 0. The maximum Gasteiger partial charge on any atom is 0.0130 e. The van der Waals surface area contributed by atoms with Crippen molar-refractivity contribution in [2.24, 2.45) is 0 Å². The first kappa shape index (κ1) is 6.08. The van der Waals surface area contributed by atoms with Crippen molar-refractivity contribution in [2.75, 3.05) is 0 Å². The lowest BCUT2D eigenvalue weighted by molar-refractivity contribution is 1.57. The molecule has 0 N–H and O–H groups in total. The van der Waals surface area contributed by atoms with Crippen molar-refractivity contribution in [3.63, 3.8) is 0 Å². The third kappa shape index (κ3) is 1.47. The fourth-order valence-electron chi connectivity index (χ4n) is 0.484. The predicted octanol–water partition coefficient (Wildman–Crippen LogP) is 2.47. The Morgan fingerprint density at radius 2 is 1.62 bits per heavy atom. The molecule has 0 fully saturated rings. The fraction of sp³-hybridized carbons (Fsp3) is 0. The molecule has 1 rings (SSSR count). The summed E-state index contributed by atoms with van der Waals surface area (Å²) < 4.78 is 1.26. The summed E-state index contributed by atoms with van der Waals surface area (Å²) >= 11 is 2.27. The minimum absolute atomic E-state index is 1.07. The van der Waals surface area contributed by atoms with E-state index in [2.05, 4.69) is 29.5 Å². The average molecular weight is 217 g/mol. The van der Waals surface area contributed by atoms with Crippen LogP contribution in [-0.4, -0.2) is 0 Å². The zero-order chi connectivity index (χ0) is 5.98. The van der Waals surface area contributed by atoms with Crippen LogP contribution in [0.4, 0.5) is 0 Å². The summed E-state index contributed by atoms with van der Waals surface area (Å²) in [7, 11) is 0. The van der Waals surface area contributed by atoms with Gasteiger partial charge in [-0.3, -0.25) is 0 Å². The second-order valence-corrected chi connectivity index (χ2v) is 2.87. The Bertz CT molecular complexity index is 143. The Balaban J connectivity index is 3.03. The Morgan fingerprint density at radius 3 is 2.00 bits per heavy atom. The number of benzene rings is 1. The van der Waals surface area contributed by atoms with E-state index in [9.17, 15) is 0 Å². The van der Waals surface area contributed by atoms with Gasteiger partial charge in [-0.15, -0.1) is 0 Å². The van der Waals surface area contributed by atoms with Crippen LogP contribution in [0.3, 0.4) is 0 Å². The largest absolute Gasteiger partial charge is 0.0580 e. The minimum Gasteiger partial charge on any atom is -0.0580 e. The molecule has 0 aromatic heterocycles. The lowest BCUT2D eigenvalue weighted by atomic mass is 10.2. The van der Waals surface area contributed by atoms with Gasteiger partial charge in [-0.1, -0.05) is 12.1 Å². The lowest BCUT2D eigenvalue weighted by Crippen LogP contribution is -1.69. The summed E-state index contributed by atoms with van der Waals surface area (Å²) in [6.07, 6.45) is 0. The van der Waals surface area contributed by atoms with Gasteiger partial charge in [-0.25, -0.2) is 0 Å². The van der Waals surface area contributed by atoms with Gasteiger partial charge >= 0.3 is 0 Å². The molecule has 0 aliphatic heterocycles. The molecule has 8 heavy (non-hydrogen) atoms. The van der Waals surface area contributed by atoms with E-state index in [1.165, 1.54) is 3.57 Å². The highest BCUT2D eigenvalue weighted by Gasteiger charge is 1.81. The van der Waals surface area contributed by atoms with E-state index in [-0.39, 0.29) is 0 Å². The van der Waals surface area contributed by atoms with Gasteiger partial charge in [0.05, 0.1) is 0 Å². The van der Waals surface area contributed by atoms with Gasteiger partial charge in [0.2, 0.25) is 0 Å². The fourth-order valence-corrected chi connectivity index (χ4v) is 0.844. The van der Waals surface area contributed by atoms with Crippen LogP contribution in [-0.2, 0) is 0 Å². The normalized spacial score (nSPS) is 9.25. The van der Waals surface area contributed by atoms with Gasteiger partial charge in [-0.05, 0) is 47.2 Å². The van der Waals surface area contributed by atoms with Crippen LogP contribution in [0.2, 0.25) is 0 Å². The number of halogens is 1. The maximum absolute atomic E-state index is 3.76. The summed E-state index contributed by atoms with van der Waals surface area (Å²) in [5.41, 5.74) is 1.07. The van der Waals surface area contributed by atoms with Crippen molar-refractivity contribution in [1.82, 2.24) is 0 Å². The van der Waals surface area contributed by atoms with E-state index in [0.29, 0.717) is 0 Å². The van der Waals surface area contributed by atoms with Crippen molar-refractivity contribution in [2.45, 2.75) is 0 Å². The molecule has 0 aliphatic rings. The highest BCUT2D eigenvalue weighted by molar-refractivity contribution is 14.1. The maximum atomic E-state index is 3.76. The standard InChI is InChI=1S/C7H6I/c1-6-2-4-7(8)5-3-6/h2-5H,1H2. The quantitative estimate of drug-likeness (QED) is 0.585. The third-order valence-corrected chi connectivity index (χ3v) is 1.63. The number of rotatable bonds is 0. The molecule has 0 amide bonds. The Kier molecular flexibility index (Phi) is 1.89. The summed E-state index contributed by atoms with van der Waals surface area (Å²) in [6, 6.07) is 8.09. The van der Waals surface area contributed by atoms with Crippen LogP contribution in [0.1, 0.15) is 5.56 Å². The van der Waals surface area contributed by atoms with Gasteiger partial charge in [-0.2, -0.15) is 0 Å². The molecular formula is C7H6I. The van der Waals surface area contributed by atoms with Crippen molar-refractivity contribution in [1.29, 1.82) is 0 Å². The molecule has 1 heteroatoms.